The number of morpholine rings is 2. The summed E-state index contributed by atoms with van der Waals surface area (Å²) in [5.41, 5.74) is 7.10. The maximum atomic E-state index is 11.6. The number of rotatable bonds is 6. The van der Waals surface area contributed by atoms with E-state index in [0.29, 0.717) is 12.0 Å². The van der Waals surface area contributed by atoms with E-state index in [1.807, 2.05) is 12.1 Å². The number of carboxylic acid groups (broad SMARTS) is 1. The highest BCUT2D eigenvalue weighted by Gasteiger charge is 2.18. The van der Waals surface area contributed by atoms with Crippen molar-refractivity contribution in [3.8, 4) is 6.07 Å². The topological polar surface area (TPSA) is 86.0 Å². The molecule has 0 spiro atoms. The summed E-state index contributed by atoms with van der Waals surface area (Å²) in [7, 11) is 0. The largest absolute Gasteiger partial charge is 0.477 e. The van der Waals surface area contributed by atoms with Crippen molar-refractivity contribution in [1.29, 1.82) is 5.26 Å². The number of hydrogen-bond acceptors (Lipinski definition) is 6. The molecule has 2 aromatic rings. The Kier molecular flexibility index (Phi) is 8.22. The van der Waals surface area contributed by atoms with Crippen LogP contribution in [0.3, 0.4) is 0 Å². The molecule has 0 radical (unpaired) electrons. The molecule has 0 aromatic heterocycles. The van der Waals surface area contributed by atoms with Crippen LogP contribution in [-0.2, 0) is 14.3 Å². The number of benzene rings is 2. The summed E-state index contributed by atoms with van der Waals surface area (Å²) in [6.45, 7) is 6.52. The summed E-state index contributed by atoms with van der Waals surface area (Å²) in [6.07, 6.45) is 6.30. The van der Waals surface area contributed by atoms with Gasteiger partial charge in [0.1, 0.15) is 11.6 Å². The highest BCUT2D eigenvalue weighted by atomic mass is 16.5. The van der Waals surface area contributed by atoms with Crippen molar-refractivity contribution in [2.75, 3.05) is 62.4 Å². The number of aliphatic carboxylic acids is 1. The van der Waals surface area contributed by atoms with E-state index >= 15 is 0 Å². The maximum Gasteiger partial charge on any atom is 0.346 e. The van der Waals surface area contributed by atoms with Crippen LogP contribution in [0.5, 0.6) is 0 Å². The van der Waals surface area contributed by atoms with E-state index in [4.69, 9.17) is 9.47 Å². The lowest BCUT2D eigenvalue weighted by atomic mass is 9.88. The van der Waals surface area contributed by atoms with Gasteiger partial charge in [0, 0.05) is 37.6 Å². The number of carboxylic acids is 1. The second kappa shape index (κ2) is 12.1. The van der Waals surface area contributed by atoms with Crippen molar-refractivity contribution >= 4 is 22.9 Å². The molecular formula is C31H33N3O4. The molecule has 0 bridgehead atoms. The number of allylic oxidation sites excluding steroid dienone is 4. The van der Waals surface area contributed by atoms with Crippen LogP contribution in [0.25, 0.3) is 5.57 Å². The molecule has 0 unspecified atom stereocenters. The fourth-order valence-corrected chi connectivity index (χ4v) is 5.28. The molecule has 38 heavy (non-hydrogen) atoms. The van der Waals surface area contributed by atoms with Crippen molar-refractivity contribution in [2.24, 2.45) is 0 Å². The molecule has 196 valence electrons. The molecule has 7 heteroatoms. The highest BCUT2D eigenvalue weighted by molar-refractivity contribution is 5.93. The first-order valence-corrected chi connectivity index (χ1v) is 13.3. The predicted molar refractivity (Wildman–Crippen MR) is 148 cm³/mol. The zero-order valence-corrected chi connectivity index (χ0v) is 21.6. The van der Waals surface area contributed by atoms with Crippen LogP contribution in [0.15, 0.2) is 77.4 Å². The zero-order valence-electron chi connectivity index (χ0n) is 21.6. The minimum atomic E-state index is -1.17. The normalized spacial score (nSPS) is 19.3. The van der Waals surface area contributed by atoms with Crippen molar-refractivity contribution < 1.29 is 19.4 Å². The Labute approximate surface area is 223 Å². The number of ether oxygens (including phenoxy) is 2. The molecule has 5 rings (SSSR count). The van der Waals surface area contributed by atoms with Gasteiger partial charge in [-0.15, -0.1) is 0 Å². The Morgan fingerprint density at radius 1 is 0.816 bits per heavy atom. The summed E-state index contributed by atoms with van der Waals surface area (Å²) in [4.78, 5) is 16.3. The highest BCUT2D eigenvalue weighted by Crippen LogP contribution is 2.33. The molecule has 2 heterocycles. The minimum Gasteiger partial charge on any atom is -0.477 e. The lowest BCUT2D eigenvalue weighted by molar-refractivity contribution is -0.132. The Hall–Kier alpha value is -3.86. The van der Waals surface area contributed by atoms with Crippen molar-refractivity contribution in [3.63, 3.8) is 0 Å². The van der Waals surface area contributed by atoms with Gasteiger partial charge in [-0.2, -0.15) is 5.26 Å². The molecule has 7 nitrogen and oxygen atoms in total. The summed E-state index contributed by atoms with van der Waals surface area (Å²) in [5.74, 6) is -1.17. The maximum absolute atomic E-state index is 11.6. The molecule has 0 atom stereocenters. The molecular weight excluding hydrogens is 478 g/mol. The average Bonchev–Trinajstić information content (AvgIpc) is 2.97. The molecule has 3 aliphatic rings. The van der Waals surface area contributed by atoms with Crippen LogP contribution in [0.4, 0.5) is 11.4 Å². The van der Waals surface area contributed by atoms with Gasteiger partial charge in [0.15, 0.2) is 0 Å². The van der Waals surface area contributed by atoms with Crippen LogP contribution in [0, 0.1) is 11.3 Å². The molecule has 1 aliphatic carbocycles. The SMILES string of the molecule is N#C/C(C(=O)O)=C1\C=C(C=C(c2ccc(N3CCOCC3)cc2)c2ccc(N3CCOCC3)cc2)CCC1. The first kappa shape index (κ1) is 25.8. The van der Waals surface area contributed by atoms with Crippen molar-refractivity contribution in [1.82, 2.24) is 0 Å². The van der Waals surface area contributed by atoms with Crippen LogP contribution < -0.4 is 9.80 Å². The van der Waals surface area contributed by atoms with E-state index in [1.165, 1.54) is 11.4 Å². The first-order valence-electron chi connectivity index (χ1n) is 13.3. The number of nitriles is 1. The van der Waals surface area contributed by atoms with E-state index in [9.17, 15) is 15.2 Å². The predicted octanol–water partition coefficient (Wildman–Crippen LogP) is 4.81. The molecule has 1 N–H and O–H groups in total. The van der Waals surface area contributed by atoms with Crippen LogP contribution in [0.1, 0.15) is 30.4 Å². The van der Waals surface area contributed by atoms with Gasteiger partial charge in [-0.3, -0.25) is 0 Å². The standard InChI is InChI=1S/C31H33N3O4/c32-22-30(31(35)36)26-3-1-2-23(20-26)21-29(24-4-8-27(9-5-24)33-12-16-37-17-13-33)25-6-10-28(11-7-25)34-14-18-38-19-15-34/h4-11,20-21H,1-3,12-19H2,(H,35,36)/b30-26+. The van der Waals surface area contributed by atoms with Crippen molar-refractivity contribution in [3.05, 3.63) is 88.5 Å². The lowest BCUT2D eigenvalue weighted by Crippen LogP contribution is -2.36. The molecule has 2 fully saturated rings. The van der Waals surface area contributed by atoms with E-state index in [-0.39, 0.29) is 5.57 Å². The van der Waals surface area contributed by atoms with E-state index in [1.54, 1.807) is 0 Å². The van der Waals surface area contributed by atoms with Gasteiger partial charge in [-0.05, 0) is 71.4 Å². The molecule has 2 saturated heterocycles. The van der Waals surface area contributed by atoms with Gasteiger partial charge < -0.3 is 24.4 Å². The summed E-state index contributed by atoms with van der Waals surface area (Å²) >= 11 is 0. The molecule has 0 amide bonds. The quantitative estimate of drug-likeness (QED) is 0.440. The van der Waals surface area contributed by atoms with E-state index < -0.39 is 5.97 Å². The van der Waals surface area contributed by atoms with Crippen LogP contribution >= 0.6 is 0 Å². The van der Waals surface area contributed by atoms with Crippen LogP contribution in [0.2, 0.25) is 0 Å². The fraction of sp³-hybridized carbons (Fsp3) is 0.355. The van der Waals surface area contributed by atoms with Gasteiger partial charge in [-0.1, -0.05) is 36.4 Å². The van der Waals surface area contributed by atoms with E-state index in [0.717, 1.165) is 87.7 Å². The summed E-state index contributed by atoms with van der Waals surface area (Å²) < 4.78 is 11.0. The number of anilines is 2. The Bertz CT molecular complexity index is 1210. The molecule has 2 aliphatic heterocycles. The van der Waals surface area contributed by atoms with E-state index in [2.05, 4.69) is 64.4 Å². The molecule has 2 aromatic carbocycles. The zero-order chi connectivity index (χ0) is 26.3. The smallest absolute Gasteiger partial charge is 0.346 e. The number of carbonyl (C=O) groups is 1. The Balaban J connectivity index is 1.51. The minimum absolute atomic E-state index is 0.165. The van der Waals surface area contributed by atoms with Gasteiger partial charge in [0.25, 0.3) is 0 Å². The fourth-order valence-electron chi connectivity index (χ4n) is 5.28. The van der Waals surface area contributed by atoms with Gasteiger partial charge in [0.05, 0.1) is 26.4 Å². The third-order valence-corrected chi connectivity index (χ3v) is 7.36. The van der Waals surface area contributed by atoms with Gasteiger partial charge in [0.2, 0.25) is 0 Å². The third-order valence-electron chi connectivity index (χ3n) is 7.36. The van der Waals surface area contributed by atoms with Crippen LogP contribution in [-0.4, -0.2) is 63.7 Å². The number of nitrogens with zero attached hydrogens (tertiary/aromatic N) is 3. The van der Waals surface area contributed by atoms with Gasteiger partial charge in [-0.25, -0.2) is 4.79 Å². The first-order chi connectivity index (χ1) is 18.6. The second-order valence-corrected chi connectivity index (χ2v) is 9.74. The monoisotopic (exact) mass is 511 g/mol. The third kappa shape index (κ3) is 5.99. The lowest BCUT2D eigenvalue weighted by Gasteiger charge is -2.29. The second-order valence-electron chi connectivity index (χ2n) is 9.74. The van der Waals surface area contributed by atoms with Gasteiger partial charge >= 0.3 is 5.97 Å². The Morgan fingerprint density at radius 2 is 1.32 bits per heavy atom. The summed E-state index contributed by atoms with van der Waals surface area (Å²) in [5, 5.41) is 18.9. The number of hydrogen-bond donors (Lipinski definition) is 1. The summed E-state index contributed by atoms with van der Waals surface area (Å²) in [6, 6.07) is 19.1. The molecule has 0 saturated carbocycles. The Morgan fingerprint density at radius 3 is 1.76 bits per heavy atom. The van der Waals surface area contributed by atoms with Crippen molar-refractivity contribution in [2.45, 2.75) is 19.3 Å². The average molecular weight is 512 g/mol.